The van der Waals surface area contributed by atoms with E-state index in [0.717, 1.165) is 42.8 Å². The molecule has 0 fully saturated rings. The van der Waals surface area contributed by atoms with Crippen LogP contribution in [0.5, 0.6) is 11.5 Å². The second-order valence-electron chi connectivity index (χ2n) is 4.28. The van der Waals surface area contributed by atoms with Crippen LogP contribution in [-0.4, -0.2) is 32.3 Å². The Bertz CT molecular complexity index is 499. The number of unbranched alkanes of at least 4 members (excludes halogenated alkanes) is 1. The Labute approximate surface area is 111 Å². The molecule has 0 aliphatic heterocycles. The summed E-state index contributed by atoms with van der Waals surface area (Å²) in [4.78, 5) is 0. The summed E-state index contributed by atoms with van der Waals surface area (Å²) in [6.45, 7) is 2.68. The molecule has 0 aliphatic rings. The number of hydrogen-bond acceptors (Lipinski definition) is 5. The molecule has 0 spiro atoms. The first-order chi connectivity index (χ1) is 9.29. The number of phenolic OH excluding ortho intramolecular Hbond substituents is 1. The molecular weight excluding hydrogens is 244 g/mol. The third-order valence-electron chi connectivity index (χ3n) is 2.87. The first-order valence-electron chi connectivity index (χ1n) is 6.46. The molecule has 6 heteroatoms. The van der Waals surface area contributed by atoms with Crippen molar-refractivity contribution in [3.8, 4) is 11.5 Å². The topological polar surface area (TPSA) is 83.9 Å². The SMILES string of the molecule is CCc1ccc(O)cc1OCCCCc1nn[nH]n1. The van der Waals surface area contributed by atoms with Crippen molar-refractivity contribution in [2.24, 2.45) is 0 Å². The van der Waals surface area contributed by atoms with Gasteiger partial charge in [0.15, 0.2) is 5.82 Å². The van der Waals surface area contributed by atoms with Crippen LogP contribution in [-0.2, 0) is 12.8 Å². The molecule has 0 amide bonds. The van der Waals surface area contributed by atoms with E-state index >= 15 is 0 Å². The molecule has 19 heavy (non-hydrogen) atoms. The highest BCUT2D eigenvalue weighted by atomic mass is 16.5. The maximum absolute atomic E-state index is 9.45. The number of aromatic amines is 1. The Hall–Kier alpha value is -2.11. The lowest BCUT2D eigenvalue weighted by molar-refractivity contribution is 0.302. The summed E-state index contributed by atoms with van der Waals surface area (Å²) in [5.41, 5.74) is 1.11. The van der Waals surface area contributed by atoms with Crippen molar-refractivity contribution >= 4 is 0 Å². The van der Waals surface area contributed by atoms with Crippen LogP contribution in [0.1, 0.15) is 31.2 Å². The number of aromatic nitrogens is 4. The second-order valence-corrected chi connectivity index (χ2v) is 4.28. The summed E-state index contributed by atoms with van der Waals surface area (Å²) in [5.74, 6) is 1.73. The maximum Gasteiger partial charge on any atom is 0.174 e. The largest absolute Gasteiger partial charge is 0.508 e. The normalized spacial score (nSPS) is 10.6. The van der Waals surface area contributed by atoms with Crippen molar-refractivity contribution in [3.63, 3.8) is 0 Å². The van der Waals surface area contributed by atoms with E-state index in [4.69, 9.17) is 4.74 Å². The van der Waals surface area contributed by atoms with E-state index in [0.29, 0.717) is 6.61 Å². The van der Waals surface area contributed by atoms with E-state index in [9.17, 15) is 5.11 Å². The van der Waals surface area contributed by atoms with Crippen molar-refractivity contribution in [2.45, 2.75) is 32.6 Å². The van der Waals surface area contributed by atoms with Gasteiger partial charge in [0.2, 0.25) is 0 Å². The molecule has 0 saturated heterocycles. The highest BCUT2D eigenvalue weighted by Crippen LogP contribution is 2.24. The van der Waals surface area contributed by atoms with Gasteiger partial charge in [-0.25, -0.2) is 0 Å². The molecule has 0 radical (unpaired) electrons. The molecule has 1 aromatic carbocycles. The zero-order chi connectivity index (χ0) is 13.5. The average Bonchev–Trinajstić information content (AvgIpc) is 2.92. The van der Waals surface area contributed by atoms with Crippen LogP contribution in [0.4, 0.5) is 0 Å². The van der Waals surface area contributed by atoms with E-state index in [1.165, 1.54) is 0 Å². The highest BCUT2D eigenvalue weighted by Gasteiger charge is 2.04. The minimum atomic E-state index is 0.235. The smallest absolute Gasteiger partial charge is 0.174 e. The van der Waals surface area contributed by atoms with Crippen molar-refractivity contribution in [1.29, 1.82) is 0 Å². The predicted octanol–water partition coefficient (Wildman–Crippen LogP) is 1.87. The Morgan fingerprint density at radius 3 is 2.95 bits per heavy atom. The van der Waals surface area contributed by atoms with E-state index in [2.05, 4.69) is 27.5 Å². The van der Waals surface area contributed by atoms with Gasteiger partial charge in [0.1, 0.15) is 11.5 Å². The van der Waals surface area contributed by atoms with Gasteiger partial charge < -0.3 is 9.84 Å². The van der Waals surface area contributed by atoms with Crippen LogP contribution in [0.2, 0.25) is 0 Å². The Kier molecular flexibility index (Phi) is 4.72. The minimum Gasteiger partial charge on any atom is -0.508 e. The van der Waals surface area contributed by atoms with Gasteiger partial charge in [-0.2, -0.15) is 5.21 Å². The summed E-state index contributed by atoms with van der Waals surface area (Å²) < 4.78 is 5.70. The lowest BCUT2D eigenvalue weighted by Gasteiger charge is -2.10. The number of phenols is 1. The predicted molar refractivity (Wildman–Crippen MR) is 70.1 cm³/mol. The summed E-state index contributed by atoms with van der Waals surface area (Å²) in [6, 6.07) is 5.24. The number of nitrogens with zero attached hydrogens (tertiary/aromatic N) is 3. The summed E-state index contributed by atoms with van der Waals surface area (Å²) in [5, 5.41) is 23.2. The van der Waals surface area contributed by atoms with Crippen molar-refractivity contribution in [1.82, 2.24) is 20.6 Å². The number of rotatable bonds is 7. The number of ether oxygens (including phenoxy) is 1. The molecule has 102 valence electrons. The van der Waals surface area contributed by atoms with Gasteiger partial charge in [0.25, 0.3) is 0 Å². The van der Waals surface area contributed by atoms with E-state index < -0.39 is 0 Å². The second kappa shape index (κ2) is 6.72. The van der Waals surface area contributed by atoms with Crippen molar-refractivity contribution in [3.05, 3.63) is 29.6 Å². The number of nitrogens with one attached hydrogen (secondary N) is 1. The van der Waals surface area contributed by atoms with Gasteiger partial charge in [0, 0.05) is 12.5 Å². The van der Waals surface area contributed by atoms with Crippen LogP contribution < -0.4 is 4.74 Å². The summed E-state index contributed by atoms with van der Waals surface area (Å²) in [7, 11) is 0. The van der Waals surface area contributed by atoms with E-state index in [-0.39, 0.29) is 5.75 Å². The molecule has 0 atom stereocenters. The molecule has 0 bridgehead atoms. The number of hydrogen-bond donors (Lipinski definition) is 2. The van der Waals surface area contributed by atoms with E-state index in [1.807, 2.05) is 6.07 Å². The molecule has 2 N–H and O–H groups in total. The number of benzene rings is 1. The molecular formula is C13H18N4O2. The minimum absolute atomic E-state index is 0.235. The number of H-pyrrole nitrogens is 1. The van der Waals surface area contributed by atoms with Gasteiger partial charge in [-0.15, -0.1) is 10.2 Å². The zero-order valence-corrected chi connectivity index (χ0v) is 11.0. The molecule has 0 aliphatic carbocycles. The van der Waals surface area contributed by atoms with Gasteiger partial charge in [-0.3, -0.25) is 0 Å². The monoisotopic (exact) mass is 262 g/mol. The van der Waals surface area contributed by atoms with Crippen LogP contribution in [0.25, 0.3) is 0 Å². The van der Waals surface area contributed by atoms with Crippen molar-refractivity contribution in [2.75, 3.05) is 6.61 Å². The number of aromatic hydroxyl groups is 1. The first kappa shape index (κ1) is 13.3. The molecule has 0 unspecified atom stereocenters. The molecule has 1 heterocycles. The summed E-state index contributed by atoms with van der Waals surface area (Å²) in [6.07, 6.45) is 3.53. The molecule has 0 saturated carbocycles. The lowest BCUT2D eigenvalue weighted by atomic mass is 10.1. The summed E-state index contributed by atoms with van der Waals surface area (Å²) >= 11 is 0. The fourth-order valence-corrected chi connectivity index (χ4v) is 1.83. The first-order valence-corrected chi connectivity index (χ1v) is 6.46. The third-order valence-corrected chi connectivity index (χ3v) is 2.87. The maximum atomic E-state index is 9.45. The van der Waals surface area contributed by atoms with Gasteiger partial charge in [-0.1, -0.05) is 18.2 Å². The molecule has 2 aromatic rings. The molecule has 1 aromatic heterocycles. The quantitative estimate of drug-likeness (QED) is 0.744. The third kappa shape index (κ3) is 3.94. The van der Waals surface area contributed by atoms with Crippen LogP contribution >= 0.6 is 0 Å². The van der Waals surface area contributed by atoms with E-state index in [1.54, 1.807) is 12.1 Å². The lowest BCUT2D eigenvalue weighted by Crippen LogP contribution is -2.01. The fraction of sp³-hybridized carbons (Fsp3) is 0.462. The molecule has 2 rings (SSSR count). The molecule has 6 nitrogen and oxygen atoms in total. The van der Waals surface area contributed by atoms with Gasteiger partial charge in [-0.05, 0) is 30.9 Å². The fourth-order valence-electron chi connectivity index (χ4n) is 1.83. The zero-order valence-electron chi connectivity index (χ0n) is 11.0. The van der Waals surface area contributed by atoms with Crippen molar-refractivity contribution < 1.29 is 9.84 Å². The van der Waals surface area contributed by atoms with Crippen LogP contribution in [0.3, 0.4) is 0 Å². The van der Waals surface area contributed by atoms with Gasteiger partial charge in [0.05, 0.1) is 6.61 Å². The van der Waals surface area contributed by atoms with Gasteiger partial charge >= 0.3 is 0 Å². The van der Waals surface area contributed by atoms with Crippen LogP contribution in [0.15, 0.2) is 18.2 Å². The average molecular weight is 262 g/mol. The number of tetrazole rings is 1. The van der Waals surface area contributed by atoms with Crippen LogP contribution in [0, 0.1) is 0 Å². The standard InChI is InChI=1S/C13H18N4O2/c1-2-10-6-7-11(18)9-12(10)19-8-4-3-5-13-14-16-17-15-13/h6-7,9,18H,2-5,8H2,1H3,(H,14,15,16,17). The highest BCUT2D eigenvalue weighted by molar-refractivity contribution is 5.39. The Morgan fingerprint density at radius 2 is 2.21 bits per heavy atom. The number of aryl methyl sites for hydroxylation is 2. The Balaban J connectivity index is 1.74. The Morgan fingerprint density at radius 1 is 1.32 bits per heavy atom.